The van der Waals surface area contributed by atoms with E-state index < -0.39 is 5.54 Å². The first kappa shape index (κ1) is 9.15. The normalized spacial score (nSPS) is 26.3. The molecule has 4 heteroatoms. The summed E-state index contributed by atoms with van der Waals surface area (Å²) >= 11 is 0. The van der Waals surface area contributed by atoms with Gasteiger partial charge in [-0.2, -0.15) is 0 Å². The topological polar surface area (TPSA) is 68.0 Å². The van der Waals surface area contributed by atoms with Crippen LogP contribution >= 0.6 is 0 Å². The Hall–Kier alpha value is -1.42. The molecule has 1 saturated heterocycles. The van der Waals surface area contributed by atoms with Crippen molar-refractivity contribution in [3.05, 3.63) is 30.1 Å². The molecule has 0 aliphatic carbocycles. The van der Waals surface area contributed by atoms with Gasteiger partial charge in [0, 0.05) is 12.4 Å². The molecule has 4 nitrogen and oxygen atoms in total. The van der Waals surface area contributed by atoms with Gasteiger partial charge in [-0.1, -0.05) is 0 Å². The Morgan fingerprint density at radius 3 is 2.71 bits per heavy atom. The number of carbonyl (C=O) groups is 1. The van der Waals surface area contributed by atoms with E-state index in [0.29, 0.717) is 0 Å². The number of hydrogen-bond donors (Lipinski definition) is 2. The Kier molecular flexibility index (Phi) is 2.21. The minimum atomic E-state index is -0.664. The number of rotatable bonds is 2. The molecule has 0 spiro atoms. The van der Waals surface area contributed by atoms with Gasteiger partial charge < -0.3 is 5.73 Å². The van der Waals surface area contributed by atoms with Crippen LogP contribution in [-0.4, -0.2) is 17.4 Å². The van der Waals surface area contributed by atoms with Crippen LogP contribution in [0.3, 0.4) is 0 Å². The average Bonchev–Trinajstić information content (AvgIpc) is 2.69. The first-order valence-electron chi connectivity index (χ1n) is 4.71. The summed E-state index contributed by atoms with van der Waals surface area (Å²) in [6.45, 7) is 0.839. The Labute approximate surface area is 82.5 Å². The summed E-state index contributed by atoms with van der Waals surface area (Å²) in [4.78, 5) is 15.4. The smallest absolute Gasteiger partial charge is 0.242 e. The maximum absolute atomic E-state index is 11.5. The van der Waals surface area contributed by atoms with Gasteiger partial charge in [0.1, 0.15) is 5.54 Å². The molecular formula is C10H13N3O. The summed E-state index contributed by atoms with van der Waals surface area (Å²) in [5.41, 5.74) is 5.69. The molecule has 1 fully saturated rings. The van der Waals surface area contributed by atoms with Crippen LogP contribution in [0.2, 0.25) is 0 Å². The van der Waals surface area contributed by atoms with E-state index in [0.717, 1.165) is 24.9 Å². The van der Waals surface area contributed by atoms with Crippen molar-refractivity contribution in [1.29, 1.82) is 0 Å². The lowest BCUT2D eigenvalue weighted by Gasteiger charge is -2.25. The van der Waals surface area contributed by atoms with Crippen molar-refractivity contribution < 1.29 is 4.79 Å². The fourth-order valence-corrected chi connectivity index (χ4v) is 1.98. The Morgan fingerprint density at radius 1 is 1.50 bits per heavy atom. The van der Waals surface area contributed by atoms with Crippen LogP contribution in [0, 0.1) is 0 Å². The number of primary amides is 1. The Balaban J connectivity index is 2.42. The molecule has 1 aliphatic rings. The lowest BCUT2D eigenvalue weighted by molar-refractivity contribution is -0.124. The first-order valence-corrected chi connectivity index (χ1v) is 4.71. The molecule has 0 aromatic carbocycles. The minimum Gasteiger partial charge on any atom is -0.368 e. The summed E-state index contributed by atoms with van der Waals surface area (Å²) in [5.74, 6) is -0.304. The molecule has 1 aromatic rings. The number of pyridine rings is 1. The van der Waals surface area contributed by atoms with Crippen molar-refractivity contribution in [2.24, 2.45) is 5.73 Å². The van der Waals surface area contributed by atoms with Crippen LogP contribution < -0.4 is 11.1 Å². The Bertz CT molecular complexity index is 330. The van der Waals surface area contributed by atoms with Crippen LogP contribution in [0.1, 0.15) is 18.4 Å². The number of aromatic nitrogens is 1. The van der Waals surface area contributed by atoms with Gasteiger partial charge in [-0.3, -0.25) is 15.1 Å². The second-order valence-corrected chi connectivity index (χ2v) is 3.54. The van der Waals surface area contributed by atoms with E-state index in [9.17, 15) is 4.79 Å². The number of nitrogens with two attached hydrogens (primary N) is 1. The zero-order valence-corrected chi connectivity index (χ0v) is 7.86. The maximum Gasteiger partial charge on any atom is 0.242 e. The van der Waals surface area contributed by atoms with Crippen LogP contribution in [0.15, 0.2) is 24.5 Å². The van der Waals surface area contributed by atoms with Crippen molar-refractivity contribution in [3.63, 3.8) is 0 Å². The highest BCUT2D eigenvalue weighted by atomic mass is 16.1. The Morgan fingerprint density at radius 2 is 2.21 bits per heavy atom. The van der Waals surface area contributed by atoms with E-state index >= 15 is 0 Å². The van der Waals surface area contributed by atoms with Crippen LogP contribution in [0.25, 0.3) is 0 Å². The maximum atomic E-state index is 11.5. The quantitative estimate of drug-likeness (QED) is 0.699. The molecule has 0 bridgehead atoms. The van der Waals surface area contributed by atoms with Crippen molar-refractivity contribution in [2.45, 2.75) is 18.4 Å². The second-order valence-electron chi connectivity index (χ2n) is 3.54. The molecule has 3 N–H and O–H groups in total. The lowest BCUT2D eigenvalue weighted by Crippen LogP contribution is -2.48. The van der Waals surface area contributed by atoms with Crippen molar-refractivity contribution in [2.75, 3.05) is 6.54 Å². The third-order valence-electron chi connectivity index (χ3n) is 2.75. The number of nitrogens with zero attached hydrogens (tertiary/aromatic N) is 1. The predicted molar refractivity (Wildman–Crippen MR) is 52.3 cm³/mol. The van der Waals surface area contributed by atoms with Gasteiger partial charge in [0.05, 0.1) is 0 Å². The average molecular weight is 191 g/mol. The first-order chi connectivity index (χ1) is 6.76. The summed E-state index contributed by atoms with van der Waals surface area (Å²) in [5, 5.41) is 3.18. The van der Waals surface area contributed by atoms with E-state index in [-0.39, 0.29) is 5.91 Å². The van der Waals surface area contributed by atoms with Gasteiger partial charge in [0.15, 0.2) is 0 Å². The molecule has 1 aromatic heterocycles. The molecule has 0 saturated carbocycles. The highest BCUT2D eigenvalue weighted by molar-refractivity contribution is 5.86. The van der Waals surface area contributed by atoms with E-state index in [1.165, 1.54) is 0 Å². The number of carbonyl (C=O) groups excluding carboxylic acids is 1. The molecule has 74 valence electrons. The summed E-state index contributed by atoms with van der Waals surface area (Å²) < 4.78 is 0. The van der Waals surface area contributed by atoms with E-state index in [4.69, 9.17) is 5.73 Å². The lowest BCUT2D eigenvalue weighted by atomic mass is 9.88. The van der Waals surface area contributed by atoms with Crippen molar-refractivity contribution in [3.8, 4) is 0 Å². The van der Waals surface area contributed by atoms with Crippen LogP contribution in [-0.2, 0) is 10.3 Å². The van der Waals surface area contributed by atoms with Gasteiger partial charge in [0.2, 0.25) is 5.91 Å². The van der Waals surface area contributed by atoms with E-state index in [1.807, 2.05) is 12.1 Å². The number of hydrogen-bond acceptors (Lipinski definition) is 3. The van der Waals surface area contributed by atoms with Crippen LogP contribution in [0.5, 0.6) is 0 Å². The summed E-state index contributed by atoms with van der Waals surface area (Å²) in [7, 11) is 0. The third-order valence-corrected chi connectivity index (χ3v) is 2.75. The molecular weight excluding hydrogens is 178 g/mol. The van der Waals surface area contributed by atoms with Gasteiger partial charge in [-0.05, 0) is 37.1 Å². The van der Waals surface area contributed by atoms with Gasteiger partial charge in [0.25, 0.3) is 0 Å². The molecule has 1 atom stereocenters. The summed E-state index contributed by atoms with van der Waals surface area (Å²) in [6, 6.07) is 3.67. The van der Waals surface area contributed by atoms with Gasteiger partial charge >= 0.3 is 0 Å². The SMILES string of the molecule is NC(=O)C1(c2ccncc2)CCCN1. The molecule has 2 rings (SSSR count). The largest absolute Gasteiger partial charge is 0.368 e. The highest BCUT2D eigenvalue weighted by Crippen LogP contribution is 2.29. The molecule has 0 radical (unpaired) electrons. The van der Waals surface area contributed by atoms with Gasteiger partial charge in [-0.25, -0.2) is 0 Å². The van der Waals surface area contributed by atoms with E-state index in [1.54, 1.807) is 12.4 Å². The van der Waals surface area contributed by atoms with Crippen LogP contribution in [0.4, 0.5) is 0 Å². The highest BCUT2D eigenvalue weighted by Gasteiger charge is 2.40. The molecule has 1 unspecified atom stereocenters. The van der Waals surface area contributed by atoms with Crippen molar-refractivity contribution in [1.82, 2.24) is 10.3 Å². The number of nitrogens with one attached hydrogen (secondary N) is 1. The fraction of sp³-hybridized carbons (Fsp3) is 0.400. The van der Waals surface area contributed by atoms with Gasteiger partial charge in [-0.15, -0.1) is 0 Å². The summed E-state index contributed by atoms with van der Waals surface area (Å²) in [6.07, 6.45) is 5.11. The molecule has 1 aliphatic heterocycles. The standard InChI is InChI=1S/C10H13N3O/c11-9(14)10(4-1-5-13-10)8-2-6-12-7-3-8/h2-3,6-7,13H,1,4-5H2,(H2,11,14). The molecule has 2 heterocycles. The predicted octanol–water partition coefficient (Wildman–Crippen LogP) is 0.146. The minimum absolute atomic E-state index is 0.304. The monoisotopic (exact) mass is 191 g/mol. The number of amides is 1. The zero-order valence-electron chi connectivity index (χ0n) is 7.86. The molecule has 14 heavy (non-hydrogen) atoms. The second kappa shape index (κ2) is 3.38. The van der Waals surface area contributed by atoms with E-state index in [2.05, 4.69) is 10.3 Å². The fourth-order valence-electron chi connectivity index (χ4n) is 1.98. The van der Waals surface area contributed by atoms with Crippen molar-refractivity contribution >= 4 is 5.91 Å². The third kappa shape index (κ3) is 1.28. The zero-order chi connectivity index (χ0) is 10.0. The molecule has 1 amide bonds.